The van der Waals surface area contributed by atoms with Crippen molar-refractivity contribution in [2.24, 2.45) is 0 Å². The smallest absolute Gasteiger partial charge is 0.336 e. The molecule has 2 aromatic carbocycles. The number of hydrogen-bond donors (Lipinski definition) is 3. The SMILES string of the molecule is COc1ccc2c(c1)c(=O)c1c(NCCNCCO)ccc3c(=O)n(CCN(C)C)c(=O)n2c31. The minimum absolute atomic E-state index is 0.0324. The van der Waals surface area contributed by atoms with Crippen LogP contribution in [0.5, 0.6) is 5.75 Å². The fourth-order valence-electron chi connectivity index (χ4n) is 4.19. The molecule has 0 fully saturated rings. The number of aromatic nitrogens is 2. The largest absolute Gasteiger partial charge is 0.497 e. The summed E-state index contributed by atoms with van der Waals surface area (Å²) in [7, 11) is 5.26. The number of hydrogen-bond acceptors (Lipinski definition) is 8. The molecule has 0 radical (unpaired) electrons. The number of ether oxygens (including phenoxy) is 1. The highest BCUT2D eigenvalue weighted by Crippen LogP contribution is 2.28. The van der Waals surface area contributed by atoms with E-state index >= 15 is 0 Å². The first kappa shape index (κ1) is 23.7. The molecule has 4 aromatic rings. The molecule has 180 valence electrons. The maximum absolute atomic E-state index is 13.7. The Labute approximate surface area is 195 Å². The number of methoxy groups -OCH3 is 1. The number of pyridine rings is 1. The monoisotopic (exact) mass is 467 g/mol. The van der Waals surface area contributed by atoms with Crippen LogP contribution in [-0.2, 0) is 6.54 Å². The number of rotatable bonds is 10. The van der Waals surface area contributed by atoms with Gasteiger partial charge in [-0.3, -0.25) is 18.6 Å². The quantitative estimate of drug-likeness (QED) is 0.171. The number of fused-ring (bicyclic) bond motifs is 2. The summed E-state index contributed by atoms with van der Waals surface area (Å²) in [6.07, 6.45) is 0. The summed E-state index contributed by atoms with van der Waals surface area (Å²) in [5.74, 6) is 0.499. The lowest BCUT2D eigenvalue weighted by Gasteiger charge is -2.18. The second kappa shape index (κ2) is 9.80. The highest BCUT2D eigenvalue weighted by Gasteiger charge is 2.21. The van der Waals surface area contributed by atoms with Crippen LogP contribution in [0.2, 0.25) is 0 Å². The Kier molecular flexibility index (Phi) is 6.82. The number of anilines is 1. The third-order valence-corrected chi connectivity index (χ3v) is 5.89. The van der Waals surface area contributed by atoms with E-state index in [4.69, 9.17) is 9.84 Å². The first-order valence-electron chi connectivity index (χ1n) is 11.1. The van der Waals surface area contributed by atoms with Crippen LogP contribution in [0, 0.1) is 0 Å². The van der Waals surface area contributed by atoms with Gasteiger partial charge in [-0.25, -0.2) is 4.79 Å². The Balaban J connectivity index is 2.04. The average Bonchev–Trinajstić information content (AvgIpc) is 2.83. The molecule has 0 aliphatic heterocycles. The van der Waals surface area contributed by atoms with Crippen LogP contribution in [0.3, 0.4) is 0 Å². The van der Waals surface area contributed by atoms with E-state index in [1.54, 1.807) is 30.3 Å². The van der Waals surface area contributed by atoms with Crippen LogP contribution in [0.25, 0.3) is 27.2 Å². The standard InChI is InChI=1S/C24H29N5O5/c1-27(2)11-12-28-23(32)16-5-6-18(26-9-8-25-10-13-30)20-21(16)29(24(28)33)19-7-4-15(34-3)14-17(19)22(20)31/h4-7,14,25-26,30H,8-13H2,1-3H3. The van der Waals surface area contributed by atoms with Crippen molar-refractivity contribution >= 4 is 32.9 Å². The van der Waals surface area contributed by atoms with E-state index in [1.165, 1.54) is 16.1 Å². The molecule has 10 nitrogen and oxygen atoms in total. The lowest BCUT2D eigenvalue weighted by atomic mass is 10.0. The molecule has 3 N–H and O–H groups in total. The number of nitrogens with zero attached hydrogens (tertiary/aromatic N) is 3. The lowest BCUT2D eigenvalue weighted by Crippen LogP contribution is -2.40. The van der Waals surface area contributed by atoms with Crippen molar-refractivity contribution in [3.05, 3.63) is 61.4 Å². The minimum atomic E-state index is -0.485. The third kappa shape index (κ3) is 4.11. The van der Waals surface area contributed by atoms with E-state index in [0.717, 1.165) is 0 Å². The van der Waals surface area contributed by atoms with Crippen LogP contribution in [0.15, 0.2) is 44.7 Å². The van der Waals surface area contributed by atoms with Gasteiger partial charge in [0, 0.05) is 38.4 Å². The zero-order valence-corrected chi connectivity index (χ0v) is 19.6. The fraction of sp³-hybridized carbons (Fsp3) is 0.375. The molecular weight excluding hydrogens is 438 g/mol. The Morgan fingerprint density at radius 3 is 2.53 bits per heavy atom. The van der Waals surface area contributed by atoms with Gasteiger partial charge in [-0.1, -0.05) is 0 Å². The molecule has 0 bridgehead atoms. The maximum atomic E-state index is 13.7. The van der Waals surface area contributed by atoms with Crippen LogP contribution in [-0.4, -0.2) is 73.0 Å². The topological polar surface area (TPSA) is 117 Å². The highest BCUT2D eigenvalue weighted by molar-refractivity contribution is 6.07. The molecular formula is C24H29N5O5. The van der Waals surface area contributed by atoms with Crippen LogP contribution in [0.4, 0.5) is 5.69 Å². The summed E-state index contributed by atoms with van der Waals surface area (Å²) in [5.41, 5.74) is 0.0906. The average molecular weight is 468 g/mol. The van der Waals surface area contributed by atoms with Gasteiger partial charge < -0.3 is 25.4 Å². The molecule has 0 saturated heterocycles. The normalized spacial score (nSPS) is 11.8. The molecule has 0 unspecified atom stereocenters. The summed E-state index contributed by atoms with van der Waals surface area (Å²) < 4.78 is 8.01. The zero-order chi connectivity index (χ0) is 24.4. The van der Waals surface area contributed by atoms with E-state index < -0.39 is 11.2 Å². The Bertz CT molecular complexity index is 1510. The summed E-state index contributed by atoms with van der Waals surface area (Å²) in [6.45, 7) is 2.29. The van der Waals surface area contributed by atoms with Gasteiger partial charge in [-0.2, -0.15) is 0 Å². The molecule has 0 saturated carbocycles. The Morgan fingerprint density at radius 1 is 1.03 bits per heavy atom. The first-order chi connectivity index (χ1) is 16.4. The van der Waals surface area contributed by atoms with Gasteiger partial charge in [-0.15, -0.1) is 0 Å². The third-order valence-electron chi connectivity index (χ3n) is 5.89. The van der Waals surface area contributed by atoms with Crippen molar-refractivity contribution in [3.63, 3.8) is 0 Å². The Morgan fingerprint density at radius 2 is 1.82 bits per heavy atom. The van der Waals surface area contributed by atoms with Gasteiger partial charge >= 0.3 is 5.69 Å². The van der Waals surface area contributed by atoms with E-state index in [9.17, 15) is 14.4 Å². The minimum Gasteiger partial charge on any atom is -0.497 e. The zero-order valence-electron chi connectivity index (χ0n) is 19.6. The van der Waals surface area contributed by atoms with Gasteiger partial charge in [0.15, 0.2) is 5.43 Å². The van der Waals surface area contributed by atoms with Crippen LogP contribution >= 0.6 is 0 Å². The molecule has 34 heavy (non-hydrogen) atoms. The molecule has 10 heteroatoms. The highest BCUT2D eigenvalue weighted by atomic mass is 16.5. The van der Waals surface area contributed by atoms with Crippen molar-refractivity contribution < 1.29 is 9.84 Å². The van der Waals surface area contributed by atoms with Gasteiger partial charge in [0.2, 0.25) is 0 Å². The van der Waals surface area contributed by atoms with Crippen molar-refractivity contribution in [1.29, 1.82) is 0 Å². The van der Waals surface area contributed by atoms with E-state index in [-0.39, 0.29) is 24.0 Å². The fourth-order valence-corrected chi connectivity index (χ4v) is 4.19. The van der Waals surface area contributed by atoms with Crippen molar-refractivity contribution in [2.45, 2.75) is 6.54 Å². The van der Waals surface area contributed by atoms with Crippen LogP contribution in [0.1, 0.15) is 0 Å². The second-order valence-corrected chi connectivity index (χ2v) is 8.37. The van der Waals surface area contributed by atoms with E-state index in [0.29, 0.717) is 59.4 Å². The molecule has 0 aliphatic rings. The molecule has 2 heterocycles. The van der Waals surface area contributed by atoms with Crippen molar-refractivity contribution in [1.82, 2.24) is 19.2 Å². The Hall–Kier alpha value is -3.47. The second-order valence-electron chi connectivity index (χ2n) is 8.37. The summed E-state index contributed by atoms with van der Waals surface area (Å²) in [5, 5.41) is 16.2. The summed E-state index contributed by atoms with van der Waals surface area (Å²) >= 11 is 0. The van der Waals surface area contributed by atoms with E-state index in [1.807, 2.05) is 19.0 Å². The lowest BCUT2D eigenvalue weighted by molar-refractivity contribution is 0.293. The van der Waals surface area contributed by atoms with Gasteiger partial charge in [0.25, 0.3) is 5.56 Å². The van der Waals surface area contributed by atoms with E-state index in [2.05, 4.69) is 10.6 Å². The molecule has 0 spiro atoms. The summed E-state index contributed by atoms with van der Waals surface area (Å²) in [6, 6.07) is 8.36. The van der Waals surface area contributed by atoms with Gasteiger partial charge in [-0.05, 0) is 44.4 Å². The number of nitrogens with one attached hydrogen (secondary N) is 2. The number of aliphatic hydroxyl groups is 1. The van der Waals surface area contributed by atoms with Crippen LogP contribution < -0.4 is 32.0 Å². The molecule has 0 atom stereocenters. The number of benzene rings is 2. The molecule has 0 amide bonds. The summed E-state index contributed by atoms with van der Waals surface area (Å²) in [4.78, 5) is 42.5. The molecule has 2 aromatic heterocycles. The van der Waals surface area contributed by atoms with Gasteiger partial charge in [0.05, 0.1) is 40.9 Å². The first-order valence-corrected chi connectivity index (χ1v) is 11.1. The maximum Gasteiger partial charge on any atom is 0.336 e. The number of likely N-dealkylation sites (N-methyl/N-ethyl adjacent to an activating group) is 1. The van der Waals surface area contributed by atoms with Gasteiger partial charge in [0.1, 0.15) is 5.75 Å². The number of aliphatic hydroxyl groups excluding tert-OH is 1. The molecule has 0 aliphatic carbocycles. The molecule has 4 rings (SSSR count). The van der Waals surface area contributed by atoms with Crippen molar-refractivity contribution in [3.8, 4) is 5.75 Å². The predicted molar refractivity (Wildman–Crippen MR) is 134 cm³/mol. The predicted octanol–water partition coefficient (Wildman–Crippen LogP) is 0.130. The van der Waals surface area contributed by atoms with Crippen molar-refractivity contribution in [2.75, 3.05) is 59.3 Å².